The molecule has 5 nitrogen and oxygen atoms in total. The molecule has 0 amide bonds. The molecule has 0 saturated heterocycles. The van der Waals surface area contributed by atoms with Crippen LogP contribution in [0.2, 0.25) is 0 Å². The van der Waals surface area contributed by atoms with Crippen molar-refractivity contribution in [2.24, 2.45) is 0 Å². The maximum atomic E-state index is 5.51. The van der Waals surface area contributed by atoms with E-state index in [0.717, 1.165) is 50.8 Å². The third-order valence-corrected chi connectivity index (χ3v) is 10.00. The summed E-state index contributed by atoms with van der Waals surface area (Å²) in [6.07, 6.45) is 5.92. The summed E-state index contributed by atoms with van der Waals surface area (Å²) in [5.74, 6) is 0.670. The van der Waals surface area contributed by atoms with Crippen molar-refractivity contribution in [1.29, 1.82) is 0 Å². The van der Waals surface area contributed by atoms with E-state index in [9.17, 15) is 0 Å². The molecule has 0 fully saturated rings. The molecule has 3 aromatic heterocycles. The zero-order valence-corrected chi connectivity index (χ0v) is 30.8. The van der Waals surface area contributed by atoms with Gasteiger partial charge in [-0.05, 0) is 57.5 Å². The number of anilines is 1. The van der Waals surface area contributed by atoms with Crippen molar-refractivity contribution in [3.63, 3.8) is 0 Å². The van der Waals surface area contributed by atoms with Crippen molar-refractivity contribution >= 4 is 18.1 Å². The second-order valence-electron chi connectivity index (χ2n) is 12.9. The second kappa shape index (κ2) is 13.7. The first-order valence-electron chi connectivity index (χ1n) is 16.7. The van der Waals surface area contributed by atoms with Crippen LogP contribution < -0.4 is 10.3 Å². The Labute approximate surface area is 308 Å². The first-order chi connectivity index (χ1) is 23.9. The van der Waals surface area contributed by atoms with E-state index in [4.69, 9.17) is 15.0 Å². The van der Waals surface area contributed by atoms with E-state index >= 15 is 0 Å². The molecule has 0 spiro atoms. The number of benzene rings is 4. The van der Waals surface area contributed by atoms with Gasteiger partial charge in [0.05, 0.1) is 17.1 Å². The molecular weight excluding hydrogens is 790 g/mol. The fourth-order valence-corrected chi connectivity index (χ4v) is 7.44. The first kappa shape index (κ1) is 33.4. The largest absolute Gasteiger partial charge is 3.00 e. The number of hydrogen-bond donors (Lipinski definition) is 0. The van der Waals surface area contributed by atoms with Crippen molar-refractivity contribution in [1.82, 2.24) is 19.4 Å². The minimum absolute atomic E-state index is 0. The van der Waals surface area contributed by atoms with Crippen LogP contribution in [0.5, 0.6) is 0 Å². The molecule has 4 aromatic carbocycles. The van der Waals surface area contributed by atoms with Gasteiger partial charge in [0.15, 0.2) is 0 Å². The van der Waals surface area contributed by atoms with Gasteiger partial charge >= 0.3 is 27.1 Å². The molecule has 1 aliphatic rings. The molecule has 1 unspecified atom stereocenters. The monoisotopic (exact) mass is 825 g/mol. The fraction of sp³-hybridized carbons (Fsp3) is 0.140. The maximum Gasteiger partial charge on any atom is 3.00 e. The summed E-state index contributed by atoms with van der Waals surface area (Å²) >= 11 is 0. The Morgan fingerprint density at radius 3 is 2.10 bits per heavy atom. The van der Waals surface area contributed by atoms with Crippen LogP contribution in [0.1, 0.15) is 57.7 Å². The van der Waals surface area contributed by atoms with Gasteiger partial charge in [-0.25, -0.2) is 0 Å². The Balaban J connectivity index is 0.00000392. The van der Waals surface area contributed by atoms with Gasteiger partial charge in [-0.15, -0.1) is 34.9 Å². The number of aromatic nitrogens is 4. The molecule has 0 radical (unpaired) electrons. The molecule has 0 N–H and O–H groups in total. The third-order valence-electron chi connectivity index (χ3n) is 10.00. The molecule has 4 heterocycles. The number of fused-ring (bicyclic) bond motifs is 3. The molecule has 7 heteroatoms. The van der Waals surface area contributed by atoms with Gasteiger partial charge < -0.3 is 9.29 Å². The van der Waals surface area contributed by atoms with Crippen molar-refractivity contribution in [3.05, 3.63) is 197 Å². The van der Waals surface area contributed by atoms with E-state index in [1.807, 2.05) is 60.9 Å². The minimum atomic E-state index is -0.602. The van der Waals surface area contributed by atoms with Gasteiger partial charge in [0.2, 0.25) is 0 Å². The fourth-order valence-electron chi connectivity index (χ4n) is 7.44. The van der Waals surface area contributed by atoms with Crippen LogP contribution in [0, 0.1) is 32.0 Å². The summed E-state index contributed by atoms with van der Waals surface area (Å²) in [4.78, 5) is 17.5. The van der Waals surface area contributed by atoms with Crippen LogP contribution in [0.3, 0.4) is 0 Å². The first-order valence-corrected chi connectivity index (χ1v) is 16.7. The van der Waals surface area contributed by atoms with Crippen molar-refractivity contribution in [2.45, 2.75) is 32.1 Å². The Kier molecular flexibility index (Phi) is 9.13. The summed E-state index contributed by atoms with van der Waals surface area (Å²) < 4.78 is 2.33. The maximum absolute atomic E-state index is 5.51. The number of rotatable bonds is 7. The summed E-state index contributed by atoms with van der Waals surface area (Å²) in [5.41, 5.74) is 11.0. The van der Waals surface area contributed by atoms with Crippen LogP contribution in [-0.2, 0) is 25.5 Å². The Morgan fingerprint density at radius 2 is 1.44 bits per heavy atom. The Hall–Kier alpha value is -5.10. The van der Waals surface area contributed by atoms with E-state index in [-0.39, 0.29) is 33.0 Å². The molecule has 0 bridgehead atoms. The van der Waals surface area contributed by atoms with Gasteiger partial charge in [-0.2, -0.15) is 60.7 Å². The predicted octanol–water partition coefficient (Wildman–Crippen LogP) is 7.58. The molecule has 7 aromatic rings. The number of imidazole rings is 1. The predicted molar refractivity (Wildman–Crippen MR) is 197 cm³/mol. The zero-order chi connectivity index (χ0) is 33.5. The molecule has 0 aliphatic carbocycles. The minimum Gasteiger partial charge on any atom is -0.436 e. The van der Waals surface area contributed by atoms with Crippen LogP contribution in [0.15, 0.2) is 134 Å². The van der Waals surface area contributed by atoms with Crippen LogP contribution in [-0.4, -0.2) is 33.5 Å². The van der Waals surface area contributed by atoms with Gasteiger partial charge in [0, 0.05) is 35.7 Å². The van der Waals surface area contributed by atoms with Gasteiger partial charge in [-0.1, -0.05) is 52.7 Å². The standard InChI is InChI=1S/C43H35BN5.Ir/c1-30-16-15-17-31(2)41(30)44-48(4)38-25-24-34(43(3,33-20-9-6-10-21-33)39-23-12-14-27-46-39)28-35(38)42-47-37(29-49(42)44)40(32-18-7-5-8-19-32)36-22-11-13-26-45-36;/h5-18,20,22-27,29,40H,1-4H3;/q-3;+3/t40-,43?;/m0./s1. The van der Waals surface area contributed by atoms with Crippen LogP contribution in [0.25, 0.3) is 11.4 Å². The summed E-state index contributed by atoms with van der Waals surface area (Å²) in [6.45, 7) is 6.50. The normalized spacial score (nSPS) is 13.8. The summed E-state index contributed by atoms with van der Waals surface area (Å²) in [6, 6.07) is 50.3. The van der Waals surface area contributed by atoms with Gasteiger partial charge in [-0.3, -0.25) is 15.0 Å². The van der Waals surface area contributed by atoms with E-state index in [1.165, 1.54) is 16.6 Å². The number of nitrogens with zero attached hydrogens (tertiary/aromatic N) is 5. The van der Waals surface area contributed by atoms with Crippen LogP contribution in [0.4, 0.5) is 5.69 Å². The molecule has 50 heavy (non-hydrogen) atoms. The van der Waals surface area contributed by atoms with Crippen molar-refractivity contribution in [2.75, 3.05) is 11.9 Å². The van der Waals surface area contributed by atoms with E-state index in [2.05, 4.69) is 128 Å². The van der Waals surface area contributed by atoms with E-state index < -0.39 is 5.41 Å². The van der Waals surface area contributed by atoms with Crippen molar-refractivity contribution in [3.8, 4) is 11.4 Å². The SMILES string of the molecule is Cc1cccc(C)c1B1N(C)c2ccc(C(C)(c3[c-]cccc3)c3ccccn3)[c-]c2-c2nc([C@@H](c3[c-]cccc3)c3ccccn3)cn21.[Ir+3]. The quantitative estimate of drug-likeness (QED) is 0.123. The average molecular weight is 825 g/mol. The Morgan fingerprint density at radius 1 is 0.720 bits per heavy atom. The van der Waals surface area contributed by atoms with Gasteiger partial charge in [0.1, 0.15) is 0 Å². The molecule has 8 rings (SSSR count). The molecule has 1 aliphatic heterocycles. The second-order valence-corrected chi connectivity index (χ2v) is 12.9. The van der Waals surface area contributed by atoms with Crippen LogP contribution >= 0.6 is 0 Å². The summed E-state index contributed by atoms with van der Waals surface area (Å²) in [7, 11) is 2.18. The molecule has 2 atom stereocenters. The number of hydrogen-bond acceptors (Lipinski definition) is 4. The van der Waals surface area contributed by atoms with E-state index in [0.29, 0.717) is 0 Å². The van der Waals surface area contributed by atoms with Gasteiger partial charge in [0.25, 0.3) is 0 Å². The van der Waals surface area contributed by atoms with E-state index in [1.54, 1.807) is 0 Å². The molecular formula is C43H35BIrN5. The smallest absolute Gasteiger partial charge is 0.436 e. The third kappa shape index (κ3) is 5.61. The molecule has 244 valence electrons. The topological polar surface area (TPSA) is 46.8 Å². The number of aryl methyl sites for hydroxylation is 2. The Bertz CT molecular complexity index is 2140. The van der Waals surface area contributed by atoms with Crippen molar-refractivity contribution < 1.29 is 20.1 Å². The number of pyridine rings is 2. The molecule has 0 saturated carbocycles. The zero-order valence-electron chi connectivity index (χ0n) is 28.4. The summed E-state index contributed by atoms with van der Waals surface area (Å²) in [5, 5.41) is 0. The average Bonchev–Trinajstić information content (AvgIpc) is 3.58.